The van der Waals surface area contributed by atoms with Crippen LogP contribution in [0.2, 0.25) is 0 Å². The van der Waals surface area contributed by atoms with Gasteiger partial charge in [-0.3, -0.25) is 0 Å². The van der Waals surface area contributed by atoms with Crippen molar-refractivity contribution in [1.82, 2.24) is 15.2 Å². The van der Waals surface area contributed by atoms with E-state index < -0.39 is 68.6 Å². The summed E-state index contributed by atoms with van der Waals surface area (Å²) in [6.07, 6.45) is -4.09. The molecular weight excluding hydrogens is 266 g/mol. The van der Waals surface area contributed by atoms with Crippen molar-refractivity contribution in [3.8, 4) is 0 Å². The Labute approximate surface area is 142 Å². The summed E-state index contributed by atoms with van der Waals surface area (Å²) in [5.74, 6) is 0. The normalized spacial score (nSPS) is 35.1. The molecule has 1 aromatic carbocycles. The first-order valence-corrected chi connectivity index (χ1v) is 6.04. The lowest BCUT2D eigenvalue weighted by molar-refractivity contribution is 0.177. The standard InChI is InChI=1S/C16H21N3O2/c1-19(2)6-5-12-9-17-15-4-3-11(8-14(12)15)7-13-10-21-16(20)18-13/h3-4,8-9,13,17H,5-7,10H2,1-2H3,(H,18,20)/t13-/m0/s1/i1D3,3D,4D,5D2,6D2,8D,10D2,13D. The van der Waals surface area contributed by atoms with E-state index in [-0.39, 0.29) is 21.4 Å². The first kappa shape index (κ1) is 5.32. The van der Waals surface area contributed by atoms with Gasteiger partial charge in [-0.05, 0) is 50.0 Å². The van der Waals surface area contributed by atoms with Crippen molar-refractivity contribution < 1.29 is 27.4 Å². The number of hydrogen-bond acceptors (Lipinski definition) is 3. The third-order valence-electron chi connectivity index (χ3n) is 2.73. The van der Waals surface area contributed by atoms with E-state index in [4.69, 9.17) is 17.8 Å². The average Bonchev–Trinajstić information content (AvgIpc) is 3.21. The van der Waals surface area contributed by atoms with Crippen LogP contribution in [0, 0.1) is 0 Å². The molecule has 0 radical (unpaired) electrons. The molecule has 5 heteroatoms. The number of aromatic nitrogens is 1. The fraction of sp³-hybridized carbons (Fsp3) is 0.438. The topological polar surface area (TPSA) is 57.4 Å². The number of carbonyl (C=O) groups is 1. The Morgan fingerprint density at radius 2 is 2.62 bits per heavy atom. The van der Waals surface area contributed by atoms with Crippen LogP contribution < -0.4 is 5.32 Å². The van der Waals surface area contributed by atoms with Gasteiger partial charge in [0.1, 0.15) is 6.56 Å². The van der Waals surface area contributed by atoms with E-state index in [0.29, 0.717) is 0 Å². The Balaban J connectivity index is 2.24. The van der Waals surface area contributed by atoms with Gasteiger partial charge in [0.2, 0.25) is 0 Å². The molecule has 0 bridgehead atoms. The highest BCUT2D eigenvalue weighted by atomic mass is 16.6. The summed E-state index contributed by atoms with van der Waals surface area (Å²) >= 11 is 0. The minimum Gasteiger partial charge on any atom is -0.447 e. The number of likely N-dealkylation sites (N-methyl/N-ethyl adjacent to an activating group) is 1. The molecule has 1 aliphatic heterocycles. The summed E-state index contributed by atoms with van der Waals surface area (Å²) in [7, 11) is 0.874. The number of cyclic esters (lactones) is 1. The molecular formula is C16H21N3O2. The van der Waals surface area contributed by atoms with E-state index in [0.717, 1.165) is 13.2 Å². The highest BCUT2D eigenvalue weighted by molar-refractivity contribution is 5.84. The van der Waals surface area contributed by atoms with Crippen molar-refractivity contribution in [3.63, 3.8) is 0 Å². The molecule has 2 aromatic rings. The first-order chi connectivity index (χ1) is 15.2. The Bertz CT molecular complexity index is 1160. The van der Waals surface area contributed by atoms with Crippen molar-refractivity contribution >= 4 is 17.0 Å². The number of H-pyrrole nitrogens is 1. The molecule has 21 heavy (non-hydrogen) atoms. The number of alkyl carbamates (subject to hydrolysis) is 1. The van der Waals surface area contributed by atoms with Crippen molar-refractivity contribution in [1.29, 1.82) is 0 Å². The molecule has 0 saturated carbocycles. The Hall–Kier alpha value is -2.01. The molecule has 2 N–H and O–H groups in total. The van der Waals surface area contributed by atoms with Crippen molar-refractivity contribution in [3.05, 3.63) is 35.5 Å². The molecule has 1 aromatic heterocycles. The molecule has 5 nitrogen and oxygen atoms in total. The third kappa shape index (κ3) is 3.19. The molecule has 0 spiro atoms. The van der Waals surface area contributed by atoms with Gasteiger partial charge in [0.15, 0.2) is 0 Å². The number of ether oxygens (including phenoxy) is 1. The van der Waals surface area contributed by atoms with E-state index >= 15 is 0 Å². The van der Waals surface area contributed by atoms with Gasteiger partial charge in [0, 0.05) is 33.2 Å². The third-order valence-corrected chi connectivity index (χ3v) is 2.73. The van der Waals surface area contributed by atoms with Gasteiger partial charge < -0.3 is 19.9 Å². The lowest BCUT2D eigenvalue weighted by atomic mass is 10.0. The molecule has 1 atom stereocenters. The van der Waals surface area contributed by atoms with Gasteiger partial charge in [0.25, 0.3) is 0 Å². The molecule has 112 valence electrons. The maximum atomic E-state index is 11.5. The van der Waals surface area contributed by atoms with E-state index in [1.165, 1.54) is 0 Å². The van der Waals surface area contributed by atoms with Gasteiger partial charge in [-0.2, -0.15) is 0 Å². The number of aryl methyl sites for hydroxylation is 1. The van der Waals surface area contributed by atoms with Crippen LogP contribution in [0.1, 0.15) is 28.9 Å². The number of amides is 1. The van der Waals surface area contributed by atoms with Crippen molar-refractivity contribution in [2.24, 2.45) is 0 Å². The van der Waals surface area contributed by atoms with Crippen molar-refractivity contribution in [2.45, 2.75) is 18.8 Å². The summed E-state index contributed by atoms with van der Waals surface area (Å²) < 4.78 is 109. The number of fused-ring (bicyclic) bond motifs is 1. The van der Waals surface area contributed by atoms with Gasteiger partial charge in [-0.1, -0.05) is 6.04 Å². The fourth-order valence-corrected chi connectivity index (χ4v) is 1.84. The number of hydrogen-bond donors (Lipinski definition) is 2. The number of nitrogens with zero attached hydrogens (tertiary/aromatic N) is 1. The fourth-order valence-electron chi connectivity index (χ4n) is 1.84. The van der Waals surface area contributed by atoms with E-state index in [2.05, 4.69) is 9.72 Å². The lowest BCUT2D eigenvalue weighted by Gasteiger charge is -2.09. The number of benzene rings is 1. The molecule has 1 saturated heterocycles. The summed E-state index contributed by atoms with van der Waals surface area (Å²) in [5.41, 5.74) is -1.08. The second kappa shape index (κ2) is 5.77. The predicted octanol–water partition coefficient (Wildman–Crippen LogP) is 1.92. The zero-order valence-electron chi connectivity index (χ0n) is 24.0. The van der Waals surface area contributed by atoms with Crippen LogP contribution in [0.15, 0.2) is 24.3 Å². The average molecular weight is 300 g/mol. The minimum atomic E-state index is -3.12. The summed E-state index contributed by atoms with van der Waals surface area (Å²) in [6, 6.07) is -4.20. The van der Waals surface area contributed by atoms with Gasteiger partial charge in [-0.15, -0.1) is 0 Å². The highest BCUT2D eigenvalue weighted by Gasteiger charge is 2.22. The van der Waals surface area contributed by atoms with Gasteiger partial charge in [0.05, 0.1) is 14.2 Å². The molecule has 1 fully saturated rings. The predicted molar refractivity (Wildman–Crippen MR) is 82.5 cm³/mol. The highest BCUT2D eigenvalue weighted by Crippen LogP contribution is 2.21. The molecule has 1 amide bonds. The van der Waals surface area contributed by atoms with E-state index in [9.17, 15) is 4.79 Å². The Morgan fingerprint density at radius 1 is 1.71 bits per heavy atom. The maximum absolute atomic E-state index is 11.5. The van der Waals surface area contributed by atoms with E-state index in [1.54, 1.807) is 0 Å². The largest absolute Gasteiger partial charge is 0.447 e. The zero-order valence-corrected chi connectivity index (χ0v) is 11.0. The van der Waals surface area contributed by atoms with Gasteiger partial charge >= 0.3 is 6.09 Å². The van der Waals surface area contributed by atoms with Gasteiger partial charge in [-0.25, -0.2) is 4.79 Å². The maximum Gasteiger partial charge on any atom is 0.407 e. The molecule has 3 rings (SSSR count). The van der Waals surface area contributed by atoms with E-state index in [1.807, 2.05) is 5.32 Å². The van der Waals surface area contributed by atoms with Crippen LogP contribution >= 0.6 is 0 Å². The second-order valence-corrected chi connectivity index (χ2v) is 4.37. The summed E-state index contributed by atoms with van der Waals surface area (Å²) in [6.45, 7) is -8.98. The first-order valence-electron chi connectivity index (χ1n) is 12.5. The lowest BCUT2D eigenvalue weighted by Crippen LogP contribution is -2.28. The number of carbonyl (C=O) groups excluding carboxylic acids is 1. The molecule has 1 aliphatic rings. The minimum absolute atomic E-state index is 0.196. The Morgan fingerprint density at radius 3 is 3.38 bits per heavy atom. The van der Waals surface area contributed by atoms with Crippen LogP contribution in [0.5, 0.6) is 0 Å². The molecule has 0 unspecified atom stereocenters. The van der Waals surface area contributed by atoms with Crippen LogP contribution in [-0.4, -0.2) is 49.1 Å². The zero-order chi connectivity index (χ0) is 26.2. The quantitative estimate of drug-likeness (QED) is 0.887. The summed E-state index contributed by atoms with van der Waals surface area (Å²) in [4.78, 5) is 14.3. The number of nitrogens with one attached hydrogen (secondary N) is 2. The van der Waals surface area contributed by atoms with Crippen LogP contribution in [0.3, 0.4) is 0 Å². The second-order valence-electron chi connectivity index (χ2n) is 4.37. The molecule has 2 heterocycles. The van der Waals surface area contributed by atoms with Crippen LogP contribution in [-0.2, 0) is 17.5 Å². The SMILES string of the molecule is [2H]c1c(C[C@]2([2H])NC(=O)OC2([2H])[2H])c([2H])c2c(C([2H])([2H])C([2H])([2H])N(C)C([2H])([2H])[2H])c[nH]c2c1[2H]. The number of aromatic amines is 1. The summed E-state index contributed by atoms with van der Waals surface area (Å²) in [5, 5.41) is 1.64. The van der Waals surface area contributed by atoms with Crippen molar-refractivity contribution in [2.75, 3.05) is 27.1 Å². The smallest absolute Gasteiger partial charge is 0.407 e. The molecule has 0 aliphatic carbocycles. The van der Waals surface area contributed by atoms with Crippen LogP contribution in [0.4, 0.5) is 4.79 Å². The number of rotatable bonds is 5. The monoisotopic (exact) mass is 300 g/mol. The van der Waals surface area contributed by atoms with Crippen LogP contribution in [0.25, 0.3) is 10.9 Å². The Kier molecular flexibility index (Phi) is 1.46.